The van der Waals surface area contributed by atoms with Crippen LogP contribution in [0.3, 0.4) is 0 Å². The maximum absolute atomic E-state index is 6.13. The first kappa shape index (κ1) is 19.7. The Balaban J connectivity index is 2.21. The topological polar surface area (TPSA) is 28.2 Å². The highest BCUT2D eigenvalue weighted by atomic mass is 35.5. The van der Waals surface area contributed by atoms with Gasteiger partial charge >= 0.3 is 0 Å². The highest BCUT2D eigenvalue weighted by molar-refractivity contribution is 7.80. The fourth-order valence-electron chi connectivity index (χ4n) is 2.57. The van der Waals surface area contributed by atoms with Gasteiger partial charge in [0, 0.05) is 23.5 Å². The third-order valence-corrected chi connectivity index (χ3v) is 4.80. The van der Waals surface area contributed by atoms with Gasteiger partial charge in [-0.15, -0.1) is 0 Å². The number of hydrogen-bond acceptors (Lipinski definition) is 2. The van der Waals surface area contributed by atoms with Crippen LogP contribution in [0.25, 0.3) is 0 Å². The van der Waals surface area contributed by atoms with Crippen LogP contribution in [0.2, 0.25) is 5.02 Å². The molecule has 0 unspecified atom stereocenters. The summed E-state index contributed by atoms with van der Waals surface area (Å²) >= 11 is 11.9. The van der Waals surface area contributed by atoms with Crippen LogP contribution >= 0.6 is 23.8 Å². The lowest BCUT2D eigenvalue weighted by molar-refractivity contribution is 0.313. The van der Waals surface area contributed by atoms with E-state index in [4.69, 9.17) is 23.8 Å². The van der Waals surface area contributed by atoms with Crippen molar-refractivity contribution in [1.29, 1.82) is 0 Å². The number of aromatic nitrogens is 1. The lowest BCUT2D eigenvalue weighted by Gasteiger charge is -2.32. The molecule has 0 aliphatic heterocycles. The first-order chi connectivity index (χ1) is 11.9. The number of aryl methyl sites for hydroxylation is 1. The van der Waals surface area contributed by atoms with Crippen LogP contribution in [-0.2, 0) is 0 Å². The number of nitrogens with one attached hydrogen (secondary N) is 1. The molecule has 3 nitrogen and oxygen atoms in total. The number of benzene rings is 1. The lowest BCUT2D eigenvalue weighted by atomic mass is 10.1. The molecule has 1 aromatic heterocycles. The van der Waals surface area contributed by atoms with Crippen LogP contribution < -0.4 is 5.32 Å². The molecule has 0 bridgehead atoms. The standard InChI is InChI=1S/C20H26ClN3S/c1-14(2)10-12-24(16(4)18-7-5-6-11-22-18)20(25)23-19-13-17(21)9-8-15(19)3/h5-9,11,13-14,16H,10,12H2,1-4H3,(H,23,25)/t16-/m0/s1. The van der Waals surface area contributed by atoms with Gasteiger partial charge in [-0.25, -0.2) is 0 Å². The van der Waals surface area contributed by atoms with Gasteiger partial charge in [0.2, 0.25) is 0 Å². The highest BCUT2D eigenvalue weighted by Gasteiger charge is 2.20. The number of hydrogen-bond donors (Lipinski definition) is 1. The van der Waals surface area contributed by atoms with Crippen LogP contribution in [0.1, 0.15) is 44.5 Å². The van der Waals surface area contributed by atoms with Gasteiger partial charge in [-0.05, 0) is 68.2 Å². The summed E-state index contributed by atoms with van der Waals surface area (Å²) in [5, 5.41) is 4.77. The van der Waals surface area contributed by atoms with Gasteiger partial charge in [-0.1, -0.05) is 37.6 Å². The van der Waals surface area contributed by atoms with Crippen molar-refractivity contribution >= 4 is 34.6 Å². The predicted octanol–water partition coefficient (Wildman–Crippen LogP) is 5.85. The zero-order valence-corrected chi connectivity index (χ0v) is 16.9. The molecule has 2 rings (SSSR count). The zero-order chi connectivity index (χ0) is 18.4. The van der Waals surface area contributed by atoms with Crippen molar-refractivity contribution < 1.29 is 0 Å². The molecule has 0 spiro atoms. The van der Waals surface area contributed by atoms with E-state index in [0.29, 0.717) is 16.1 Å². The number of anilines is 1. The lowest BCUT2D eigenvalue weighted by Crippen LogP contribution is -2.38. The second kappa shape index (κ2) is 9.16. The highest BCUT2D eigenvalue weighted by Crippen LogP contribution is 2.24. The van der Waals surface area contributed by atoms with Gasteiger partial charge in [0.15, 0.2) is 5.11 Å². The molecule has 0 saturated carbocycles. The minimum atomic E-state index is 0.0967. The molecule has 0 aliphatic rings. The molecule has 1 atom stereocenters. The Morgan fingerprint density at radius 2 is 2.00 bits per heavy atom. The number of rotatable bonds is 6. The Bertz CT molecular complexity index is 703. The summed E-state index contributed by atoms with van der Waals surface area (Å²) < 4.78 is 0. The number of nitrogens with zero attached hydrogens (tertiary/aromatic N) is 2. The van der Waals surface area contributed by atoms with Crippen molar-refractivity contribution in [3.63, 3.8) is 0 Å². The van der Waals surface area contributed by atoms with Crippen LogP contribution in [0.4, 0.5) is 5.69 Å². The maximum atomic E-state index is 6.13. The first-order valence-corrected chi connectivity index (χ1v) is 9.41. The van der Waals surface area contributed by atoms with Crippen LogP contribution in [-0.4, -0.2) is 21.5 Å². The normalized spacial score (nSPS) is 12.1. The van der Waals surface area contributed by atoms with Crippen LogP contribution in [0.5, 0.6) is 0 Å². The molecule has 2 aromatic rings. The summed E-state index contributed by atoms with van der Waals surface area (Å²) in [7, 11) is 0. The predicted molar refractivity (Wildman–Crippen MR) is 111 cm³/mol. The van der Waals surface area contributed by atoms with Gasteiger partial charge in [0.25, 0.3) is 0 Å². The molecule has 25 heavy (non-hydrogen) atoms. The van der Waals surface area contributed by atoms with E-state index in [9.17, 15) is 0 Å². The van der Waals surface area contributed by atoms with Crippen molar-refractivity contribution in [2.75, 3.05) is 11.9 Å². The summed E-state index contributed by atoms with van der Waals surface area (Å²) in [4.78, 5) is 6.70. The minimum Gasteiger partial charge on any atom is -0.341 e. The van der Waals surface area contributed by atoms with Crippen molar-refractivity contribution in [3.05, 3.63) is 58.9 Å². The number of halogens is 1. The Morgan fingerprint density at radius 1 is 1.24 bits per heavy atom. The third kappa shape index (κ3) is 5.68. The Labute approximate surface area is 161 Å². The van der Waals surface area contributed by atoms with E-state index in [-0.39, 0.29) is 6.04 Å². The van der Waals surface area contributed by atoms with Gasteiger partial charge in [0.05, 0.1) is 11.7 Å². The fraction of sp³-hybridized carbons (Fsp3) is 0.400. The van der Waals surface area contributed by atoms with E-state index in [1.54, 1.807) is 0 Å². The van der Waals surface area contributed by atoms with Crippen molar-refractivity contribution in [2.45, 2.75) is 40.2 Å². The second-order valence-corrected chi connectivity index (χ2v) is 7.52. The SMILES string of the molecule is Cc1ccc(Cl)cc1NC(=S)N(CCC(C)C)[C@@H](C)c1ccccn1. The van der Waals surface area contributed by atoms with Crippen molar-refractivity contribution in [3.8, 4) is 0 Å². The van der Waals surface area contributed by atoms with Gasteiger partial charge < -0.3 is 10.2 Å². The molecular formula is C20H26ClN3S. The molecule has 1 N–H and O–H groups in total. The molecule has 1 heterocycles. The van der Waals surface area contributed by atoms with E-state index in [0.717, 1.165) is 29.9 Å². The fourth-order valence-corrected chi connectivity index (χ4v) is 3.10. The van der Waals surface area contributed by atoms with E-state index in [1.165, 1.54) is 0 Å². The van der Waals surface area contributed by atoms with E-state index in [1.807, 2.05) is 49.5 Å². The average molecular weight is 376 g/mol. The zero-order valence-electron chi connectivity index (χ0n) is 15.3. The Hall–Kier alpha value is -1.65. The van der Waals surface area contributed by atoms with E-state index in [2.05, 4.69) is 36.0 Å². The Kier molecular flexibility index (Phi) is 7.21. The summed E-state index contributed by atoms with van der Waals surface area (Å²) in [5.74, 6) is 0.606. The molecule has 5 heteroatoms. The maximum Gasteiger partial charge on any atom is 0.173 e. The smallest absolute Gasteiger partial charge is 0.173 e. The summed E-state index contributed by atoms with van der Waals surface area (Å²) in [5.41, 5.74) is 3.07. The number of thiocarbonyl (C=S) groups is 1. The molecule has 0 aliphatic carbocycles. The first-order valence-electron chi connectivity index (χ1n) is 8.63. The van der Waals surface area contributed by atoms with Gasteiger partial charge in [-0.2, -0.15) is 0 Å². The van der Waals surface area contributed by atoms with E-state index >= 15 is 0 Å². The monoisotopic (exact) mass is 375 g/mol. The molecule has 0 saturated heterocycles. The number of pyridine rings is 1. The van der Waals surface area contributed by atoms with Crippen molar-refractivity contribution in [2.24, 2.45) is 5.92 Å². The van der Waals surface area contributed by atoms with E-state index < -0.39 is 0 Å². The largest absolute Gasteiger partial charge is 0.341 e. The van der Waals surface area contributed by atoms with Gasteiger partial charge in [-0.3, -0.25) is 4.98 Å². The summed E-state index contributed by atoms with van der Waals surface area (Å²) in [6, 6.07) is 11.9. The third-order valence-electron chi connectivity index (χ3n) is 4.23. The minimum absolute atomic E-state index is 0.0967. The van der Waals surface area contributed by atoms with Crippen LogP contribution in [0.15, 0.2) is 42.6 Å². The summed E-state index contributed by atoms with van der Waals surface area (Å²) in [6.07, 6.45) is 2.89. The van der Waals surface area contributed by atoms with Gasteiger partial charge in [0.1, 0.15) is 0 Å². The molecule has 1 aromatic carbocycles. The molecule has 0 radical (unpaired) electrons. The second-order valence-electron chi connectivity index (χ2n) is 6.70. The molecule has 134 valence electrons. The summed E-state index contributed by atoms with van der Waals surface area (Å²) in [6.45, 7) is 9.51. The molecule has 0 fully saturated rings. The molecule has 0 amide bonds. The van der Waals surface area contributed by atoms with Crippen molar-refractivity contribution in [1.82, 2.24) is 9.88 Å². The molecular weight excluding hydrogens is 350 g/mol. The Morgan fingerprint density at radius 3 is 2.64 bits per heavy atom. The quantitative estimate of drug-likeness (QED) is 0.641. The van der Waals surface area contributed by atoms with Crippen LogP contribution in [0, 0.1) is 12.8 Å². The average Bonchev–Trinajstić information content (AvgIpc) is 2.58.